The maximum absolute atomic E-state index is 5.67. The molecular weight excluding hydrogens is 206 g/mol. The molecule has 15 heavy (non-hydrogen) atoms. The van der Waals surface area contributed by atoms with Crippen molar-refractivity contribution in [1.29, 1.82) is 0 Å². The van der Waals surface area contributed by atoms with E-state index in [1.54, 1.807) is 0 Å². The fourth-order valence-corrected chi connectivity index (χ4v) is 2.76. The van der Waals surface area contributed by atoms with Gasteiger partial charge in [-0.25, -0.2) is 0 Å². The Kier molecular flexibility index (Phi) is 5.44. The highest BCUT2D eigenvalue weighted by Gasteiger charge is 2.23. The van der Waals surface area contributed by atoms with Gasteiger partial charge < -0.3 is 10.1 Å². The first-order chi connectivity index (χ1) is 7.01. The lowest BCUT2D eigenvalue weighted by atomic mass is 10.2. The van der Waals surface area contributed by atoms with Gasteiger partial charge in [-0.2, -0.15) is 11.8 Å². The van der Waals surface area contributed by atoms with Crippen molar-refractivity contribution in [3.8, 4) is 0 Å². The monoisotopic (exact) mass is 231 g/mol. The van der Waals surface area contributed by atoms with Crippen LogP contribution in [-0.2, 0) is 4.74 Å². The summed E-state index contributed by atoms with van der Waals surface area (Å²) in [7, 11) is 0. The van der Waals surface area contributed by atoms with Gasteiger partial charge in [-0.1, -0.05) is 0 Å². The average molecular weight is 231 g/mol. The van der Waals surface area contributed by atoms with E-state index in [0.717, 1.165) is 24.4 Å². The highest BCUT2D eigenvalue weighted by molar-refractivity contribution is 7.99. The maximum atomic E-state index is 5.67. The molecule has 2 nitrogen and oxygen atoms in total. The van der Waals surface area contributed by atoms with Crippen molar-refractivity contribution in [3.05, 3.63) is 0 Å². The molecule has 1 fully saturated rings. The van der Waals surface area contributed by atoms with E-state index in [-0.39, 0.29) is 5.60 Å². The number of hydrogen-bond donors (Lipinski definition) is 1. The largest absolute Gasteiger partial charge is 0.375 e. The van der Waals surface area contributed by atoms with Crippen LogP contribution < -0.4 is 5.32 Å². The SMILES string of the molecule is CSC1CCC(NCCOC(C)(C)C)C1. The molecule has 2 unspecified atom stereocenters. The highest BCUT2D eigenvalue weighted by Crippen LogP contribution is 2.27. The van der Waals surface area contributed by atoms with Crippen LogP contribution in [0.1, 0.15) is 40.0 Å². The van der Waals surface area contributed by atoms with E-state index < -0.39 is 0 Å². The summed E-state index contributed by atoms with van der Waals surface area (Å²) < 4.78 is 5.67. The lowest BCUT2D eigenvalue weighted by Gasteiger charge is -2.20. The van der Waals surface area contributed by atoms with Gasteiger partial charge >= 0.3 is 0 Å². The minimum Gasteiger partial charge on any atom is -0.375 e. The van der Waals surface area contributed by atoms with Gasteiger partial charge in [-0.05, 0) is 46.3 Å². The smallest absolute Gasteiger partial charge is 0.0599 e. The predicted octanol–water partition coefficient (Wildman–Crippen LogP) is 2.68. The van der Waals surface area contributed by atoms with E-state index in [0.29, 0.717) is 0 Å². The Hall–Kier alpha value is 0.270. The molecule has 0 heterocycles. The van der Waals surface area contributed by atoms with Crippen molar-refractivity contribution in [2.75, 3.05) is 19.4 Å². The summed E-state index contributed by atoms with van der Waals surface area (Å²) in [5.41, 5.74) is -0.000832. The predicted molar refractivity (Wildman–Crippen MR) is 68.6 cm³/mol. The number of thioether (sulfide) groups is 1. The molecule has 0 bridgehead atoms. The fourth-order valence-electron chi connectivity index (χ4n) is 1.96. The normalized spacial score (nSPS) is 27.2. The van der Waals surface area contributed by atoms with Crippen LogP contribution in [0.15, 0.2) is 0 Å². The third kappa shape index (κ3) is 5.79. The summed E-state index contributed by atoms with van der Waals surface area (Å²) in [5.74, 6) is 0. The first-order valence-electron chi connectivity index (χ1n) is 5.91. The lowest BCUT2D eigenvalue weighted by Crippen LogP contribution is -2.32. The van der Waals surface area contributed by atoms with Crippen LogP contribution >= 0.6 is 11.8 Å². The van der Waals surface area contributed by atoms with E-state index >= 15 is 0 Å². The van der Waals surface area contributed by atoms with Crippen LogP contribution in [0, 0.1) is 0 Å². The number of nitrogens with one attached hydrogen (secondary N) is 1. The van der Waals surface area contributed by atoms with Gasteiger partial charge in [0.15, 0.2) is 0 Å². The molecule has 0 radical (unpaired) electrons. The van der Waals surface area contributed by atoms with Crippen molar-refractivity contribution < 1.29 is 4.74 Å². The molecule has 3 heteroatoms. The molecule has 0 amide bonds. The van der Waals surface area contributed by atoms with Crippen molar-refractivity contribution in [2.45, 2.75) is 56.9 Å². The minimum atomic E-state index is -0.000832. The minimum absolute atomic E-state index is 0.000832. The Morgan fingerprint density at radius 3 is 2.60 bits per heavy atom. The number of rotatable bonds is 5. The Morgan fingerprint density at radius 1 is 1.33 bits per heavy atom. The quantitative estimate of drug-likeness (QED) is 0.735. The van der Waals surface area contributed by atoms with Crippen LogP contribution in [0.25, 0.3) is 0 Å². The summed E-state index contributed by atoms with van der Waals surface area (Å²) in [6, 6.07) is 0.728. The summed E-state index contributed by atoms with van der Waals surface area (Å²) in [4.78, 5) is 0. The van der Waals surface area contributed by atoms with Gasteiger partial charge in [0.25, 0.3) is 0 Å². The van der Waals surface area contributed by atoms with Crippen molar-refractivity contribution >= 4 is 11.8 Å². The molecule has 0 spiro atoms. The Labute approximate surface area is 98.5 Å². The number of hydrogen-bond acceptors (Lipinski definition) is 3. The maximum Gasteiger partial charge on any atom is 0.0599 e. The summed E-state index contributed by atoms with van der Waals surface area (Å²) >= 11 is 2.01. The molecule has 1 N–H and O–H groups in total. The molecule has 0 aliphatic heterocycles. The third-order valence-electron chi connectivity index (χ3n) is 2.79. The zero-order valence-corrected chi connectivity index (χ0v) is 11.3. The van der Waals surface area contributed by atoms with Crippen LogP contribution in [0.2, 0.25) is 0 Å². The highest BCUT2D eigenvalue weighted by atomic mass is 32.2. The van der Waals surface area contributed by atoms with E-state index in [1.165, 1.54) is 19.3 Å². The van der Waals surface area contributed by atoms with Crippen molar-refractivity contribution in [1.82, 2.24) is 5.32 Å². The van der Waals surface area contributed by atoms with Gasteiger partial charge in [0.1, 0.15) is 0 Å². The standard InChI is InChI=1S/C12H25NOS/c1-12(2,3)14-8-7-13-10-5-6-11(9-10)15-4/h10-11,13H,5-9H2,1-4H3. The lowest BCUT2D eigenvalue weighted by molar-refractivity contribution is -0.00156. The molecule has 0 aromatic heterocycles. The Balaban J connectivity index is 2.02. The van der Waals surface area contributed by atoms with Gasteiger partial charge in [0.05, 0.1) is 12.2 Å². The molecular formula is C12H25NOS. The average Bonchev–Trinajstić information content (AvgIpc) is 2.59. The van der Waals surface area contributed by atoms with Crippen molar-refractivity contribution in [2.24, 2.45) is 0 Å². The van der Waals surface area contributed by atoms with Gasteiger partial charge in [-0.15, -0.1) is 0 Å². The Bertz CT molecular complexity index is 179. The molecule has 0 aromatic rings. The van der Waals surface area contributed by atoms with Gasteiger partial charge in [0, 0.05) is 17.8 Å². The van der Waals surface area contributed by atoms with E-state index in [1.807, 2.05) is 11.8 Å². The Morgan fingerprint density at radius 2 is 2.07 bits per heavy atom. The second-order valence-electron chi connectivity index (χ2n) is 5.28. The number of ether oxygens (including phenoxy) is 1. The topological polar surface area (TPSA) is 21.3 Å². The van der Waals surface area contributed by atoms with Gasteiger partial charge in [0.2, 0.25) is 0 Å². The second-order valence-corrected chi connectivity index (χ2v) is 6.42. The van der Waals surface area contributed by atoms with Crippen LogP contribution in [0.3, 0.4) is 0 Å². The van der Waals surface area contributed by atoms with E-state index in [4.69, 9.17) is 4.74 Å². The molecule has 1 saturated carbocycles. The summed E-state index contributed by atoms with van der Waals surface area (Å²) in [5, 5.41) is 4.46. The van der Waals surface area contributed by atoms with Crippen LogP contribution in [0.5, 0.6) is 0 Å². The first kappa shape index (κ1) is 13.3. The first-order valence-corrected chi connectivity index (χ1v) is 7.20. The van der Waals surface area contributed by atoms with Crippen molar-refractivity contribution in [3.63, 3.8) is 0 Å². The van der Waals surface area contributed by atoms with Crippen LogP contribution in [0.4, 0.5) is 0 Å². The van der Waals surface area contributed by atoms with Crippen LogP contribution in [-0.4, -0.2) is 36.3 Å². The molecule has 2 atom stereocenters. The van der Waals surface area contributed by atoms with E-state index in [2.05, 4.69) is 32.3 Å². The summed E-state index contributed by atoms with van der Waals surface area (Å²) in [6.45, 7) is 8.12. The van der Waals surface area contributed by atoms with Gasteiger partial charge in [-0.3, -0.25) is 0 Å². The zero-order chi connectivity index (χ0) is 11.3. The molecule has 0 saturated heterocycles. The zero-order valence-electron chi connectivity index (χ0n) is 10.5. The molecule has 90 valence electrons. The van der Waals surface area contributed by atoms with E-state index in [9.17, 15) is 0 Å². The molecule has 0 aromatic carbocycles. The fraction of sp³-hybridized carbons (Fsp3) is 1.00. The third-order valence-corrected chi connectivity index (χ3v) is 3.88. The molecule has 1 aliphatic rings. The second kappa shape index (κ2) is 6.12. The summed E-state index contributed by atoms with van der Waals surface area (Å²) in [6.07, 6.45) is 6.26. The molecule has 1 aliphatic carbocycles. The molecule has 1 rings (SSSR count).